The quantitative estimate of drug-likeness (QED) is 0.499. The molecule has 0 aliphatic rings. The van der Waals surface area contributed by atoms with Crippen molar-refractivity contribution < 1.29 is 17.9 Å². The van der Waals surface area contributed by atoms with Gasteiger partial charge in [-0.05, 0) is 31.2 Å². The van der Waals surface area contributed by atoms with E-state index in [0.717, 1.165) is 11.3 Å². The number of nitrogens with two attached hydrogens (primary N) is 1. The van der Waals surface area contributed by atoms with Gasteiger partial charge in [0.25, 0.3) is 5.56 Å². The third-order valence-corrected chi connectivity index (χ3v) is 5.05. The molecular formula is C19H17F3N4O2S. The van der Waals surface area contributed by atoms with Crippen LogP contribution in [-0.4, -0.2) is 22.3 Å². The van der Waals surface area contributed by atoms with Crippen LogP contribution in [0.5, 0.6) is 5.75 Å². The zero-order valence-corrected chi connectivity index (χ0v) is 16.3. The summed E-state index contributed by atoms with van der Waals surface area (Å²) in [4.78, 5) is 20.1. The lowest BCUT2D eigenvalue weighted by molar-refractivity contribution is -0.137. The molecule has 3 rings (SSSR count). The first kappa shape index (κ1) is 20.6. The lowest BCUT2D eigenvalue weighted by Crippen LogP contribution is -2.17. The van der Waals surface area contributed by atoms with Crippen LogP contribution >= 0.6 is 11.3 Å². The molecule has 3 aromatic rings. The second kappa shape index (κ2) is 8.08. The molecule has 0 aliphatic heterocycles. The van der Waals surface area contributed by atoms with E-state index < -0.39 is 11.2 Å². The molecule has 0 saturated heterocycles. The van der Waals surface area contributed by atoms with Crippen LogP contribution in [-0.2, 0) is 12.8 Å². The normalized spacial score (nSPS) is 12.2. The smallest absolute Gasteiger partial charge is 0.443 e. The number of nitrogen functional groups attached to an aromatic ring is 1. The van der Waals surface area contributed by atoms with Crippen molar-refractivity contribution in [3.63, 3.8) is 0 Å². The van der Waals surface area contributed by atoms with Crippen molar-refractivity contribution in [2.45, 2.75) is 19.7 Å². The van der Waals surface area contributed by atoms with Gasteiger partial charge in [-0.15, -0.1) is 11.3 Å². The summed E-state index contributed by atoms with van der Waals surface area (Å²) in [6, 6.07) is 7.96. The molecule has 29 heavy (non-hydrogen) atoms. The summed E-state index contributed by atoms with van der Waals surface area (Å²) in [7, 11) is 1.65. The monoisotopic (exact) mass is 422 g/mol. The number of ether oxygens (including phenoxy) is 1. The zero-order chi connectivity index (χ0) is 21.2. The highest BCUT2D eigenvalue weighted by Gasteiger charge is 2.34. The Kier molecular flexibility index (Phi) is 5.73. The standard InChI is InChI=1S/C19H17F3N4O2S/c1-11(24-2)15-7-13(3-4-16(15)23)26-6-5-14(8-17(26)27)28-9-12-10-29-18(25-12)19(20,21)22/h3-8,10H,9,23H2,1-2H3. The first-order chi connectivity index (χ1) is 13.7. The maximum Gasteiger partial charge on any atom is 0.443 e. The highest BCUT2D eigenvalue weighted by molar-refractivity contribution is 7.09. The lowest BCUT2D eigenvalue weighted by atomic mass is 10.1. The van der Waals surface area contributed by atoms with Crippen LogP contribution in [0.4, 0.5) is 18.9 Å². The molecule has 6 nitrogen and oxygen atoms in total. The van der Waals surface area contributed by atoms with Gasteiger partial charge in [0.15, 0.2) is 5.01 Å². The Morgan fingerprint density at radius 3 is 2.69 bits per heavy atom. The number of hydrogen-bond donors (Lipinski definition) is 1. The predicted octanol–water partition coefficient (Wildman–Crippen LogP) is 3.91. The Labute approximate surface area is 168 Å². The van der Waals surface area contributed by atoms with Crippen LogP contribution in [0.1, 0.15) is 23.2 Å². The molecule has 2 N–H and O–H groups in total. The van der Waals surface area contributed by atoms with Crippen LogP contribution < -0.4 is 16.0 Å². The summed E-state index contributed by atoms with van der Waals surface area (Å²) in [5, 5.41) is 0.342. The van der Waals surface area contributed by atoms with Gasteiger partial charge in [0.2, 0.25) is 0 Å². The molecule has 0 atom stereocenters. The van der Waals surface area contributed by atoms with E-state index in [9.17, 15) is 18.0 Å². The fourth-order valence-electron chi connectivity index (χ4n) is 2.55. The molecule has 0 radical (unpaired) electrons. The number of rotatable bonds is 5. The largest absolute Gasteiger partial charge is 0.487 e. The van der Waals surface area contributed by atoms with Gasteiger partial charge in [-0.2, -0.15) is 13.2 Å². The number of alkyl halides is 3. The van der Waals surface area contributed by atoms with Crippen LogP contribution in [0.15, 0.2) is 51.7 Å². The third kappa shape index (κ3) is 4.65. The van der Waals surface area contributed by atoms with Crippen molar-refractivity contribution >= 4 is 22.7 Å². The molecule has 0 spiro atoms. The Bertz CT molecular complexity index is 1120. The van der Waals surface area contributed by atoms with Crippen LogP contribution in [0.2, 0.25) is 0 Å². The average molecular weight is 422 g/mol. The lowest BCUT2D eigenvalue weighted by Gasteiger charge is -2.11. The van der Waals surface area contributed by atoms with E-state index in [1.54, 1.807) is 31.3 Å². The van der Waals surface area contributed by atoms with Crippen molar-refractivity contribution in [1.29, 1.82) is 0 Å². The van der Waals surface area contributed by atoms with Crippen molar-refractivity contribution in [1.82, 2.24) is 9.55 Å². The molecule has 10 heteroatoms. The van der Waals surface area contributed by atoms with E-state index in [1.807, 2.05) is 6.92 Å². The van der Waals surface area contributed by atoms with Gasteiger partial charge in [0, 0.05) is 47.3 Å². The van der Waals surface area contributed by atoms with Crippen LogP contribution in [0.25, 0.3) is 5.69 Å². The Balaban J connectivity index is 1.79. The van der Waals surface area contributed by atoms with E-state index in [0.29, 0.717) is 22.7 Å². The second-order valence-corrected chi connectivity index (χ2v) is 6.94. The predicted molar refractivity (Wildman–Crippen MR) is 106 cm³/mol. The number of thiazole rings is 1. The minimum absolute atomic E-state index is 0.143. The van der Waals surface area contributed by atoms with Crippen LogP contribution in [0.3, 0.4) is 0 Å². The number of halogens is 3. The highest BCUT2D eigenvalue weighted by atomic mass is 32.1. The molecule has 0 aliphatic carbocycles. The van der Waals surface area contributed by atoms with Gasteiger partial charge in [0.1, 0.15) is 12.4 Å². The molecule has 0 unspecified atom stereocenters. The molecular weight excluding hydrogens is 405 g/mol. The number of pyridine rings is 1. The topological polar surface area (TPSA) is 82.5 Å². The fourth-order valence-corrected chi connectivity index (χ4v) is 3.22. The van der Waals surface area contributed by atoms with Gasteiger partial charge in [0.05, 0.1) is 5.69 Å². The molecule has 152 valence electrons. The molecule has 1 aromatic carbocycles. The molecule has 0 saturated carbocycles. The maximum atomic E-state index is 12.6. The van der Waals surface area contributed by atoms with Gasteiger partial charge >= 0.3 is 6.18 Å². The second-order valence-electron chi connectivity index (χ2n) is 6.08. The molecule has 2 aromatic heterocycles. The van der Waals surface area contributed by atoms with E-state index in [2.05, 4.69) is 9.98 Å². The fraction of sp³-hybridized carbons (Fsp3) is 0.211. The molecule has 0 amide bonds. The Hall–Kier alpha value is -3.14. The maximum absolute atomic E-state index is 12.6. The van der Waals surface area contributed by atoms with Gasteiger partial charge < -0.3 is 10.5 Å². The van der Waals surface area contributed by atoms with Crippen molar-refractivity contribution in [2.24, 2.45) is 4.99 Å². The Morgan fingerprint density at radius 2 is 2.07 bits per heavy atom. The average Bonchev–Trinajstić information content (AvgIpc) is 3.16. The molecule has 2 heterocycles. The summed E-state index contributed by atoms with van der Waals surface area (Å²) in [6.45, 7) is 1.64. The minimum Gasteiger partial charge on any atom is -0.487 e. The Morgan fingerprint density at radius 1 is 1.31 bits per heavy atom. The number of anilines is 1. The minimum atomic E-state index is -4.48. The SMILES string of the molecule is CN=C(C)c1cc(-n2ccc(OCc3csc(C(F)(F)F)n3)cc2=O)ccc1N. The summed E-state index contributed by atoms with van der Waals surface area (Å²) in [6.07, 6.45) is -2.96. The van der Waals surface area contributed by atoms with Gasteiger partial charge in [-0.25, -0.2) is 4.98 Å². The number of nitrogens with zero attached hydrogens (tertiary/aromatic N) is 3. The van der Waals surface area contributed by atoms with Crippen molar-refractivity contribution in [2.75, 3.05) is 12.8 Å². The first-order valence-corrected chi connectivity index (χ1v) is 9.28. The number of aliphatic imine (C=N–C) groups is 1. The molecule has 0 bridgehead atoms. The number of benzene rings is 1. The summed E-state index contributed by atoms with van der Waals surface area (Å²) in [5.74, 6) is 0.231. The van der Waals surface area contributed by atoms with E-state index >= 15 is 0 Å². The summed E-state index contributed by atoms with van der Waals surface area (Å²) >= 11 is 0.499. The first-order valence-electron chi connectivity index (χ1n) is 8.40. The number of hydrogen-bond acceptors (Lipinski definition) is 6. The van der Waals surface area contributed by atoms with E-state index in [4.69, 9.17) is 10.5 Å². The van der Waals surface area contributed by atoms with Gasteiger partial charge in [-0.3, -0.25) is 14.4 Å². The number of aromatic nitrogens is 2. The van der Waals surface area contributed by atoms with Crippen LogP contribution in [0, 0.1) is 0 Å². The molecule has 0 fully saturated rings. The van der Waals surface area contributed by atoms with E-state index in [1.165, 1.54) is 22.2 Å². The highest BCUT2D eigenvalue weighted by Crippen LogP contribution is 2.31. The van der Waals surface area contributed by atoms with Crippen molar-refractivity contribution in [3.05, 3.63) is 68.5 Å². The summed E-state index contributed by atoms with van der Waals surface area (Å²) in [5.41, 5.74) is 8.35. The zero-order valence-electron chi connectivity index (χ0n) is 15.5. The van der Waals surface area contributed by atoms with Crippen molar-refractivity contribution in [3.8, 4) is 11.4 Å². The third-order valence-electron chi connectivity index (χ3n) is 4.11. The van der Waals surface area contributed by atoms with E-state index in [-0.39, 0.29) is 23.6 Å². The summed E-state index contributed by atoms with van der Waals surface area (Å²) < 4.78 is 44.6. The van der Waals surface area contributed by atoms with Gasteiger partial charge in [-0.1, -0.05) is 0 Å².